The molecule has 30 heavy (non-hydrogen) atoms. The highest BCUT2D eigenvalue weighted by Gasteiger charge is 2.12. The second kappa shape index (κ2) is 8.29. The average molecular weight is 394 g/mol. The summed E-state index contributed by atoms with van der Waals surface area (Å²) < 4.78 is 14.3. The molecule has 0 N–H and O–H groups in total. The number of hydrogen-bond acceptors (Lipinski definition) is 3. The van der Waals surface area contributed by atoms with E-state index in [0.717, 1.165) is 33.7 Å². The van der Waals surface area contributed by atoms with Gasteiger partial charge in [0.05, 0.1) is 17.6 Å². The van der Waals surface area contributed by atoms with Gasteiger partial charge >= 0.3 is 0 Å². The van der Waals surface area contributed by atoms with Gasteiger partial charge in [-0.1, -0.05) is 66.7 Å². The van der Waals surface area contributed by atoms with Crippen LogP contribution < -0.4 is 9.47 Å². The molecule has 4 nitrogen and oxygen atoms in total. The molecule has 1 heterocycles. The standard InChI is InChI=1S/C26H22N2O2/c1-2-11-21(12-3-1)29-18-17-28-24-15-7-6-14-23(24)27-26(28)19-30-25-16-8-10-20-9-4-5-13-22(20)25/h1-16H,17-19H2. The van der Waals surface area contributed by atoms with Gasteiger partial charge in [-0.15, -0.1) is 0 Å². The summed E-state index contributed by atoms with van der Waals surface area (Å²) in [5.41, 5.74) is 2.06. The first-order valence-electron chi connectivity index (χ1n) is 10.1. The van der Waals surface area contributed by atoms with Gasteiger partial charge in [0.15, 0.2) is 0 Å². The van der Waals surface area contributed by atoms with Gasteiger partial charge in [0, 0.05) is 5.39 Å². The quantitative estimate of drug-likeness (QED) is 0.347. The number of nitrogens with zero attached hydrogens (tertiary/aromatic N) is 2. The molecule has 4 aromatic carbocycles. The van der Waals surface area contributed by atoms with Crippen LogP contribution in [0.4, 0.5) is 0 Å². The number of benzene rings is 4. The van der Waals surface area contributed by atoms with Crippen LogP contribution in [0.1, 0.15) is 5.82 Å². The summed E-state index contributed by atoms with van der Waals surface area (Å²) in [6, 6.07) is 32.4. The van der Waals surface area contributed by atoms with E-state index < -0.39 is 0 Å². The molecule has 0 aliphatic carbocycles. The van der Waals surface area contributed by atoms with Crippen molar-refractivity contribution in [3.8, 4) is 11.5 Å². The molecule has 5 aromatic rings. The van der Waals surface area contributed by atoms with E-state index in [2.05, 4.69) is 28.8 Å². The summed E-state index contributed by atoms with van der Waals surface area (Å²) in [6.45, 7) is 1.66. The van der Waals surface area contributed by atoms with Gasteiger partial charge in [0.2, 0.25) is 0 Å². The zero-order chi connectivity index (χ0) is 20.2. The van der Waals surface area contributed by atoms with Crippen LogP contribution in [0.25, 0.3) is 21.8 Å². The van der Waals surface area contributed by atoms with Gasteiger partial charge in [-0.05, 0) is 35.7 Å². The molecule has 0 atom stereocenters. The summed E-state index contributed by atoms with van der Waals surface area (Å²) in [5, 5.41) is 2.27. The van der Waals surface area contributed by atoms with Crippen molar-refractivity contribution in [1.82, 2.24) is 9.55 Å². The third-order valence-corrected chi connectivity index (χ3v) is 5.17. The first-order chi connectivity index (χ1) is 14.9. The maximum atomic E-state index is 6.22. The second-order valence-electron chi connectivity index (χ2n) is 7.10. The third-order valence-electron chi connectivity index (χ3n) is 5.17. The average Bonchev–Trinajstić information content (AvgIpc) is 3.16. The number of para-hydroxylation sites is 3. The van der Waals surface area contributed by atoms with Crippen LogP contribution in [0, 0.1) is 0 Å². The summed E-state index contributed by atoms with van der Waals surface area (Å²) in [4.78, 5) is 4.82. The normalized spacial score (nSPS) is 11.1. The van der Waals surface area contributed by atoms with Crippen LogP contribution in [-0.4, -0.2) is 16.2 Å². The van der Waals surface area contributed by atoms with E-state index in [-0.39, 0.29) is 0 Å². The fourth-order valence-electron chi connectivity index (χ4n) is 3.72. The zero-order valence-corrected chi connectivity index (χ0v) is 16.6. The van der Waals surface area contributed by atoms with E-state index in [0.29, 0.717) is 19.8 Å². The Bertz CT molecular complexity index is 1270. The lowest BCUT2D eigenvalue weighted by Gasteiger charge is -2.12. The highest BCUT2D eigenvalue weighted by Crippen LogP contribution is 2.26. The van der Waals surface area contributed by atoms with Crippen molar-refractivity contribution in [2.24, 2.45) is 0 Å². The molecule has 0 radical (unpaired) electrons. The van der Waals surface area contributed by atoms with E-state index >= 15 is 0 Å². The fourth-order valence-corrected chi connectivity index (χ4v) is 3.72. The van der Waals surface area contributed by atoms with Gasteiger partial charge in [0.25, 0.3) is 0 Å². The van der Waals surface area contributed by atoms with E-state index in [1.165, 1.54) is 5.39 Å². The third kappa shape index (κ3) is 3.72. The Hall–Kier alpha value is -3.79. The lowest BCUT2D eigenvalue weighted by atomic mass is 10.1. The number of aromatic nitrogens is 2. The van der Waals surface area contributed by atoms with Crippen molar-refractivity contribution in [1.29, 1.82) is 0 Å². The lowest BCUT2D eigenvalue weighted by molar-refractivity contribution is 0.274. The number of fused-ring (bicyclic) bond motifs is 2. The maximum absolute atomic E-state index is 6.22. The fraction of sp³-hybridized carbons (Fsp3) is 0.115. The van der Waals surface area contributed by atoms with Crippen molar-refractivity contribution in [2.45, 2.75) is 13.2 Å². The predicted octanol–water partition coefficient (Wildman–Crippen LogP) is 5.85. The van der Waals surface area contributed by atoms with Crippen LogP contribution in [0.15, 0.2) is 97.1 Å². The van der Waals surface area contributed by atoms with Gasteiger partial charge in [-0.2, -0.15) is 0 Å². The Balaban J connectivity index is 1.38. The molecule has 0 amide bonds. The number of rotatable bonds is 7. The molecule has 0 saturated carbocycles. The molecule has 5 rings (SSSR count). The molecule has 0 aliphatic heterocycles. The number of imidazole rings is 1. The minimum atomic E-state index is 0.397. The van der Waals surface area contributed by atoms with E-state index in [4.69, 9.17) is 14.5 Å². The van der Waals surface area contributed by atoms with Crippen molar-refractivity contribution >= 4 is 21.8 Å². The van der Waals surface area contributed by atoms with Crippen molar-refractivity contribution in [3.63, 3.8) is 0 Å². The highest BCUT2D eigenvalue weighted by atomic mass is 16.5. The van der Waals surface area contributed by atoms with Crippen molar-refractivity contribution < 1.29 is 9.47 Å². The van der Waals surface area contributed by atoms with Crippen LogP contribution in [-0.2, 0) is 13.2 Å². The molecule has 0 fully saturated rings. The number of hydrogen-bond donors (Lipinski definition) is 0. The Morgan fingerprint density at radius 2 is 1.47 bits per heavy atom. The maximum Gasteiger partial charge on any atom is 0.148 e. The Morgan fingerprint density at radius 1 is 0.700 bits per heavy atom. The SMILES string of the molecule is c1ccc(OCCn2c(COc3cccc4ccccc34)nc3ccccc32)cc1. The topological polar surface area (TPSA) is 36.3 Å². The Morgan fingerprint density at radius 3 is 2.40 bits per heavy atom. The molecule has 0 saturated heterocycles. The smallest absolute Gasteiger partial charge is 0.148 e. The van der Waals surface area contributed by atoms with Crippen LogP contribution in [0.2, 0.25) is 0 Å². The minimum Gasteiger partial charge on any atom is -0.492 e. The lowest BCUT2D eigenvalue weighted by Crippen LogP contribution is -2.13. The number of ether oxygens (including phenoxy) is 2. The van der Waals surface area contributed by atoms with Gasteiger partial charge in [-0.25, -0.2) is 4.98 Å². The molecule has 1 aromatic heterocycles. The minimum absolute atomic E-state index is 0.397. The Labute approximate surface area is 175 Å². The van der Waals surface area contributed by atoms with E-state index in [1.807, 2.05) is 72.8 Å². The molecule has 148 valence electrons. The van der Waals surface area contributed by atoms with Gasteiger partial charge in [-0.3, -0.25) is 0 Å². The predicted molar refractivity (Wildman–Crippen MR) is 120 cm³/mol. The zero-order valence-electron chi connectivity index (χ0n) is 16.6. The molecular formula is C26H22N2O2. The van der Waals surface area contributed by atoms with Crippen molar-refractivity contribution in [2.75, 3.05) is 6.61 Å². The van der Waals surface area contributed by atoms with Crippen LogP contribution in [0.5, 0.6) is 11.5 Å². The van der Waals surface area contributed by atoms with Crippen molar-refractivity contribution in [3.05, 3.63) is 103 Å². The molecular weight excluding hydrogens is 372 g/mol. The van der Waals surface area contributed by atoms with E-state index in [9.17, 15) is 0 Å². The molecule has 4 heteroatoms. The van der Waals surface area contributed by atoms with Crippen LogP contribution in [0.3, 0.4) is 0 Å². The first kappa shape index (κ1) is 18.3. The highest BCUT2D eigenvalue weighted by molar-refractivity contribution is 5.88. The molecule has 0 aliphatic rings. The molecule has 0 bridgehead atoms. The van der Waals surface area contributed by atoms with Gasteiger partial charge in [0.1, 0.15) is 30.5 Å². The van der Waals surface area contributed by atoms with E-state index in [1.54, 1.807) is 0 Å². The van der Waals surface area contributed by atoms with Gasteiger partial charge < -0.3 is 14.0 Å². The summed E-state index contributed by atoms with van der Waals surface area (Å²) >= 11 is 0. The second-order valence-corrected chi connectivity index (χ2v) is 7.10. The van der Waals surface area contributed by atoms with Crippen LogP contribution >= 0.6 is 0 Å². The molecule has 0 spiro atoms. The summed E-state index contributed by atoms with van der Waals surface area (Å²) in [7, 11) is 0. The summed E-state index contributed by atoms with van der Waals surface area (Å²) in [6.07, 6.45) is 0. The molecule has 0 unspecified atom stereocenters. The Kier molecular flexibility index (Phi) is 5.05. The first-order valence-corrected chi connectivity index (χ1v) is 10.1. The monoisotopic (exact) mass is 394 g/mol. The largest absolute Gasteiger partial charge is 0.492 e. The summed E-state index contributed by atoms with van der Waals surface area (Å²) in [5.74, 6) is 2.63.